The maximum Gasteiger partial charge on any atom is 0.228 e. The Bertz CT molecular complexity index is 1220. The number of rotatable bonds is 4. The molecule has 2 aliphatic heterocycles. The molecule has 2 fully saturated rings. The van der Waals surface area contributed by atoms with E-state index in [-0.39, 0.29) is 24.2 Å². The predicted molar refractivity (Wildman–Crippen MR) is 134 cm³/mol. The Morgan fingerprint density at radius 2 is 1.97 bits per heavy atom. The van der Waals surface area contributed by atoms with Gasteiger partial charge < -0.3 is 14.7 Å². The van der Waals surface area contributed by atoms with Crippen LogP contribution in [0, 0.1) is 12.8 Å². The quantitative estimate of drug-likeness (QED) is 0.548. The van der Waals surface area contributed by atoms with Crippen molar-refractivity contribution in [1.29, 1.82) is 0 Å². The van der Waals surface area contributed by atoms with Gasteiger partial charge in [0.25, 0.3) is 0 Å². The second kappa shape index (κ2) is 8.95. The van der Waals surface area contributed by atoms with Crippen molar-refractivity contribution in [2.24, 2.45) is 5.92 Å². The SMILES string of the molecule is CCc1cccc(C)c1N1CC(C(=O)N2CCN(c3nc4ccc(Cl)cc4s3)CC2)CC1=O. The average Bonchev–Trinajstić information content (AvgIpc) is 3.41. The molecule has 0 N–H and O–H groups in total. The molecule has 0 saturated carbocycles. The van der Waals surface area contributed by atoms with Crippen LogP contribution in [-0.4, -0.2) is 54.4 Å². The number of amides is 2. The number of fused-ring (bicyclic) bond motifs is 1. The number of nitrogens with zero attached hydrogens (tertiary/aromatic N) is 4. The number of anilines is 2. The fourth-order valence-corrected chi connectivity index (χ4v) is 6.17. The summed E-state index contributed by atoms with van der Waals surface area (Å²) in [6.45, 7) is 7.36. The minimum absolute atomic E-state index is 0.0455. The van der Waals surface area contributed by atoms with Crippen molar-refractivity contribution < 1.29 is 9.59 Å². The van der Waals surface area contributed by atoms with Crippen molar-refractivity contribution in [3.8, 4) is 0 Å². The molecule has 5 rings (SSSR count). The van der Waals surface area contributed by atoms with Crippen molar-refractivity contribution in [1.82, 2.24) is 9.88 Å². The van der Waals surface area contributed by atoms with Gasteiger partial charge in [0.2, 0.25) is 11.8 Å². The van der Waals surface area contributed by atoms with E-state index in [1.807, 2.05) is 47.1 Å². The fourth-order valence-electron chi connectivity index (χ4n) is 4.88. The van der Waals surface area contributed by atoms with Crippen LogP contribution < -0.4 is 9.80 Å². The number of carbonyl (C=O) groups excluding carboxylic acids is 2. The summed E-state index contributed by atoms with van der Waals surface area (Å²) in [6.07, 6.45) is 1.15. The first-order valence-corrected chi connectivity index (χ1v) is 12.6. The normalized spacial score (nSPS) is 19.1. The molecule has 2 amide bonds. The second-order valence-electron chi connectivity index (χ2n) is 8.76. The van der Waals surface area contributed by atoms with Crippen LogP contribution >= 0.6 is 22.9 Å². The van der Waals surface area contributed by atoms with E-state index >= 15 is 0 Å². The first-order chi connectivity index (χ1) is 15.9. The molecule has 2 aliphatic rings. The topological polar surface area (TPSA) is 56.8 Å². The second-order valence-corrected chi connectivity index (χ2v) is 10.2. The standard InChI is InChI=1S/C25H27ClN4O2S/c1-3-17-6-4-5-16(2)23(17)30-15-18(13-22(30)31)24(32)28-9-11-29(12-10-28)25-27-20-8-7-19(26)14-21(20)33-25/h4-8,14,18H,3,9-13,15H2,1-2H3. The van der Waals surface area contributed by atoms with E-state index in [0.717, 1.165) is 51.7 Å². The van der Waals surface area contributed by atoms with Crippen LogP contribution in [-0.2, 0) is 16.0 Å². The molecule has 0 bridgehead atoms. The minimum Gasteiger partial charge on any atom is -0.345 e. The van der Waals surface area contributed by atoms with Gasteiger partial charge in [0.15, 0.2) is 5.13 Å². The van der Waals surface area contributed by atoms with Crippen molar-refractivity contribution in [2.45, 2.75) is 26.7 Å². The van der Waals surface area contributed by atoms with Gasteiger partial charge in [-0.15, -0.1) is 0 Å². The summed E-state index contributed by atoms with van der Waals surface area (Å²) in [4.78, 5) is 36.9. The van der Waals surface area contributed by atoms with Gasteiger partial charge in [-0.05, 0) is 42.7 Å². The molecule has 1 atom stereocenters. The summed E-state index contributed by atoms with van der Waals surface area (Å²) >= 11 is 7.74. The minimum atomic E-state index is -0.280. The van der Waals surface area contributed by atoms with E-state index in [1.54, 1.807) is 11.3 Å². The van der Waals surface area contributed by atoms with Crippen LogP contribution in [0.15, 0.2) is 36.4 Å². The molecule has 3 aromatic rings. The van der Waals surface area contributed by atoms with Gasteiger partial charge in [-0.1, -0.05) is 48.1 Å². The molecule has 0 spiro atoms. The molecule has 3 heterocycles. The summed E-state index contributed by atoms with van der Waals surface area (Å²) in [5.41, 5.74) is 4.18. The van der Waals surface area contributed by atoms with E-state index in [2.05, 4.69) is 17.9 Å². The molecule has 8 heteroatoms. The zero-order valence-electron chi connectivity index (χ0n) is 18.9. The molecule has 0 radical (unpaired) electrons. The Balaban J connectivity index is 1.24. The van der Waals surface area contributed by atoms with Gasteiger partial charge in [-0.3, -0.25) is 9.59 Å². The number of benzene rings is 2. The van der Waals surface area contributed by atoms with Crippen molar-refractivity contribution in [3.63, 3.8) is 0 Å². The fraction of sp³-hybridized carbons (Fsp3) is 0.400. The molecule has 6 nitrogen and oxygen atoms in total. The number of halogens is 1. The smallest absolute Gasteiger partial charge is 0.228 e. The third-order valence-electron chi connectivity index (χ3n) is 6.65. The van der Waals surface area contributed by atoms with Gasteiger partial charge in [0.1, 0.15) is 0 Å². The lowest BCUT2D eigenvalue weighted by atomic mass is 10.0. The van der Waals surface area contributed by atoms with Gasteiger partial charge in [0.05, 0.1) is 16.1 Å². The molecule has 33 heavy (non-hydrogen) atoms. The highest BCUT2D eigenvalue weighted by Crippen LogP contribution is 2.34. The Hall–Kier alpha value is -2.64. The molecular formula is C25H27ClN4O2S. The maximum absolute atomic E-state index is 13.3. The summed E-state index contributed by atoms with van der Waals surface area (Å²) in [5, 5.41) is 1.68. The molecular weight excluding hydrogens is 456 g/mol. The molecule has 1 unspecified atom stereocenters. The van der Waals surface area contributed by atoms with Gasteiger partial charge in [-0.25, -0.2) is 4.98 Å². The van der Waals surface area contributed by atoms with Crippen LogP contribution in [0.2, 0.25) is 5.02 Å². The monoisotopic (exact) mass is 482 g/mol. The first-order valence-electron chi connectivity index (χ1n) is 11.4. The number of aryl methyl sites for hydroxylation is 2. The number of thiazole rings is 1. The Morgan fingerprint density at radius 3 is 2.73 bits per heavy atom. The van der Waals surface area contributed by atoms with Gasteiger partial charge in [0, 0.05) is 49.9 Å². The highest BCUT2D eigenvalue weighted by molar-refractivity contribution is 7.22. The predicted octanol–water partition coefficient (Wildman–Crippen LogP) is 4.52. The van der Waals surface area contributed by atoms with E-state index < -0.39 is 0 Å². The molecule has 2 aromatic carbocycles. The van der Waals surface area contributed by atoms with Crippen LogP contribution in [0.25, 0.3) is 10.2 Å². The van der Waals surface area contributed by atoms with Crippen LogP contribution in [0.3, 0.4) is 0 Å². The number of aromatic nitrogens is 1. The number of carbonyl (C=O) groups is 2. The highest BCUT2D eigenvalue weighted by atomic mass is 35.5. The van der Waals surface area contributed by atoms with Crippen LogP contribution in [0.1, 0.15) is 24.5 Å². The zero-order valence-corrected chi connectivity index (χ0v) is 20.5. The Kier molecular flexibility index (Phi) is 6.01. The van der Waals surface area contributed by atoms with E-state index in [1.165, 1.54) is 0 Å². The van der Waals surface area contributed by atoms with Crippen LogP contribution in [0.5, 0.6) is 0 Å². The summed E-state index contributed by atoms with van der Waals surface area (Å²) in [7, 11) is 0. The number of hydrogen-bond acceptors (Lipinski definition) is 5. The van der Waals surface area contributed by atoms with E-state index in [0.29, 0.717) is 24.7 Å². The maximum atomic E-state index is 13.3. The van der Waals surface area contributed by atoms with Crippen molar-refractivity contribution in [3.05, 3.63) is 52.5 Å². The third kappa shape index (κ3) is 4.20. The lowest BCUT2D eigenvalue weighted by Crippen LogP contribution is -2.50. The molecule has 0 aliphatic carbocycles. The Labute approximate surface area is 202 Å². The largest absolute Gasteiger partial charge is 0.345 e. The molecule has 2 saturated heterocycles. The lowest BCUT2D eigenvalue weighted by Gasteiger charge is -2.35. The van der Waals surface area contributed by atoms with Gasteiger partial charge in [-0.2, -0.15) is 0 Å². The number of para-hydroxylation sites is 1. The average molecular weight is 483 g/mol. The summed E-state index contributed by atoms with van der Waals surface area (Å²) in [6, 6.07) is 11.9. The van der Waals surface area contributed by atoms with Gasteiger partial charge >= 0.3 is 0 Å². The van der Waals surface area contributed by atoms with Crippen molar-refractivity contribution in [2.75, 3.05) is 42.5 Å². The van der Waals surface area contributed by atoms with E-state index in [4.69, 9.17) is 16.6 Å². The molecule has 172 valence electrons. The van der Waals surface area contributed by atoms with E-state index in [9.17, 15) is 9.59 Å². The Morgan fingerprint density at radius 1 is 1.18 bits per heavy atom. The number of hydrogen-bond donors (Lipinski definition) is 0. The van der Waals surface area contributed by atoms with Crippen molar-refractivity contribution >= 4 is 55.8 Å². The first kappa shape index (κ1) is 22.2. The summed E-state index contributed by atoms with van der Waals surface area (Å²) in [5.74, 6) is -0.143. The summed E-state index contributed by atoms with van der Waals surface area (Å²) < 4.78 is 1.07. The molecule has 1 aromatic heterocycles. The zero-order chi connectivity index (χ0) is 23.1. The third-order valence-corrected chi connectivity index (χ3v) is 7.96. The number of piperazine rings is 1. The highest BCUT2D eigenvalue weighted by Gasteiger charge is 2.39. The van der Waals surface area contributed by atoms with Crippen LogP contribution in [0.4, 0.5) is 10.8 Å². The lowest BCUT2D eigenvalue weighted by molar-refractivity contribution is -0.136.